The lowest BCUT2D eigenvalue weighted by Gasteiger charge is -2.19. The van der Waals surface area contributed by atoms with Gasteiger partial charge in [-0.3, -0.25) is 0 Å². The molecule has 0 aromatic carbocycles. The second kappa shape index (κ2) is 3.56. The van der Waals surface area contributed by atoms with Crippen molar-refractivity contribution in [1.82, 2.24) is 4.90 Å². The van der Waals surface area contributed by atoms with E-state index in [4.69, 9.17) is 4.74 Å². The van der Waals surface area contributed by atoms with Crippen LogP contribution in [-0.4, -0.2) is 37.2 Å². The van der Waals surface area contributed by atoms with Crippen molar-refractivity contribution >= 4 is 6.02 Å². The van der Waals surface area contributed by atoms with Crippen LogP contribution in [0.4, 0.5) is 0 Å². The molecule has 1 saturated carbocycles. The molecule has 1 heterocycles. The highest BCUT2D eigenvalue weighted by Gasteiger charge is 2.37. The molecule has 2 fully saturated rings. The van der Waals surface area contributed by atoms with Crippen molar-refractivity contribution in [1.29, 1.82) is 0 Å². The Morgan fingerprint density at radius 3 is 2.85 bits per heavy atom. The second-order valence-electron chi connectivity index (χ2n) is 3.98. The number of aliphatic imine (C=N–C) groups is 1. The molecular weight excluding hydrogens is 164 g/mol. The van der Waals surface area contributed by atoms with Gasteiger partial charge in [0.25, 0.3) is 6.02 Å². The lowest BCUT2D eigenvalue weighted by atomic mass is 10.1. The van der Waals surface area contributed by atoms with Gasteiger partial charge in [-0.25, -0.2) is 4.99 Å². The number of likely N-dealkylation sites (N-methyl/N-ethyl adjacent to an activating group) is 1. The maximum atomic E-state index is 5.78. The quantitative estimate of drug-likeness (QED) is 0.569. The average molecular weight is 182 g/mol. The normalized spacial score (nSPS) is 37.1. The molecule has 0 amide bonds. The number of fused-ring (bicyclic) bond motifs is 1. The first-order valence-corrected chi connectivity index (χ1v) is 5.19. The van der Waals surface area contributed by atoms with Crippen LogP contribution in [0.1, 0.15) is 32.1 Å². The third-order valence-electron chi connectivity index (χ3n) is 3.16. The summed E-state index contributed by atoms with van der Waals surface area (Å²) in [6, 6.07) is 1.41. The van der Waals surface area contributed by atoms with E-state index in [0.717, 1.165) is 6.02 Å². The van der Waals surface area contributed by atoms with Gasteiger partial charge in [0.15, 0.2) is 0 Å². The van der Waals surface area contributed by atoms with Gasteiger partial charge in [0.05, 0.1) is 6.04 Å². The molecule has 1 saturated heterocycles. The van der Waals surface area contributed by atoms with Crippen molar-refractivity contribution in [2.24, 2.45) is 4.99 Å². The van der Waals surface area contributed by atoms with Crippen LogP contribution in [-0.2, 0) is 4.74 Å². The molecule has 0 radical (unpaired) electrons. The van der Waals surface area contributed by atoms with Gasteiger partial charge in [-0.2, -0.15) is 0 Å². The Morgan fingerprint density at radius 1 is 1.31 bits per heavy atom. The van der Waals surface area contributed by atoms with Crippen LogP contribution >= 0.6 is 0 Å². The van der Waals surface area contributed by atoms with E-state index in [1.807, 2.05) is 0 Å². The maximum absolute atomic E-state index is 5.78. The van der Waals surface area contributed by atoms with E-state index >= 15 is 0 Å². The van der Waals surface area contributed by atoms with Crippen molar-refractivity contribution < 1.29 is 4.74 Å². The highest BCUT2D eigenvalue weighted by atomic mass is 16.5. The van der Waals surface area contributed by atoms with E-state index in [2.05, 4.69) is 16.9 Å². The van der Waals surface area contributed by atoms with Gasteiger partial charge in [-0.05, 0) is 19.3 Å². The number of ether oxygens (including phenoxy) is 1. The summed E-state index contributed by atoms with van der Waals surface area (Å²) in [7, 11) is 3.90. The molecular formula is C10H18N2O. The Labute approximate surface area is 79.8 Å². The molecule has 0 spiro atoms. The molecule has 2 unspecified atom stereocenters. The van der Waals surface area contributed by atoms with Gasteiger partial charge in [-0.15, -0.1) is 0 Å². The Hall–Kier alpha value is -0.730. The molecule has 3 nitrogen and oxygen atoms in total. The van der Waals surface area contributed by atoms with Crippen LogP contribution < -0.4 is 0 Å². The van der Waals surface area contributed by atoms with Gasteiger partial charge in [-0.1, -0.05) is 12.8 Å². The summed E-state index contributed by atoms with van der Waals surface area (Å²) < 4.78 is 5.78. The number of rotatable bonds is 0. The topological polar surface area (TPSA) is 24.8 Å². The first kappa shape index (κ1) is 8.85. The van der Waals surface area contributed by atoms with E-state index in [0.29, 0.717) is 12.1 Å². The van der Waals surface area contributed by atoms with E-state index in [-0.39, 0.29) is 0 Å². The molecule has 2 aliphatic rings. The zero-order chi connectivity index (χ0) is 9.26. The van der Waals surface area contributed by atoms with Crippen molar-refractivity contribution in [2.45, 2.75) is 44.2 Å². The number of nitrogens with zero attached hydrogens (tertiary/aromatic N) is 2. The van der Waals surface area contributed by atoms with Crippen molar-refractivity contribution in [2.75, 3.05) is 14.1 Å². The molecule has 1 aliphatic carbocycles. The summed E-state index contributed by atoms with van der Waals surface area (Å²) in [4.78, 5) is 6.35. The van der Waals surface area contributed by atoms with E-state index in [9.17, 15) is 0 Å². The van der Waals surface area contributed by atoms with Gasteiger partial charge in [0, 0.05) is 14.1 Å². The third-order valence-corrected chi connectivity index (χ3v) is 3.16. The van der Waals surface area contributed by atoms with Gasteiger partial charge in [0.1, 0.15) is 6.10 Å². The van der Waals surface area contributed by atoms with Crippen LogP contribution in [0.2, 0.25) is 0 Å². The van der Waals surface area contributed by atoms with Crippen LogP contribution in [0.5, 0.6) is 0 Å². The lowest BCUT2D eigenvalue weighted by molar-refractivity contribution is 0.182. The fourth-order valence-electron chi connectivity index (χ4n) is 2.41. The molecule has 13 heavy (non-hydrogen) atoms. The molecule has 0 aromatic heterocycles. The van der Waals surface area contributed by atoms with Crippen molar-refractivity contribution in [3.63, 3.8) is 0 Å². The molecule has 2 rings (SSSR count). The Morgan fingerprint density at radius 2 is 2.08 bits per heavy atom. The summed E-state index contributed by atoms with van der Waals surface area (Å²) in [5.74, 6) is 0. The average Bonchev–Trinajstić information content (AvgIpc) is 2.37. The minimum atomic E-state index is 0.409. The summed E-state index contributed by atoms with van der Waals surface area (Å²) >= 11 is 0. The Balaban J connectivity index is 2.11. The molecule has 3 heteroatoms. The molecule has 2 atom stereocenters. The Kier molecular flexibility index (Phi) is 2.42. The third kappa shape index (κ3) is 1.52. The van der Waals surface area contributed by atoms with Crippen LogP contribution in [0.15, 0.2) is 4.99 Å². The van der Waals surface area contributed by atoms with Gasteiger partial charge >= 0.3 is 0 Å². The molecule has 1 aliphatic heterocycles. The summed E-state index contributed by atoms with van der Waals surface area (Å²) in [5.41, 5.74) is 0. The van der Waals surface area contributed by atoms with E-state index in [1.54, 1.807) is 7.05 Å². The van der Waals surface area contributed by atoms with Crippen LogP contribution in [0.3, 0.4) is 0 Å². The zero-order valence-corrected chi connectivity index (χ0v) is 8.49. The monoisotopic (exact) mass is 182 g/mol. The number of amidine groups is 1. The molecule has 74 valence electrons. The standard InChI is InChI=1S/C10H18N2O/c1-11-10-12(2)8-6-4-3-5-7-9(8)13-10/h8-9H,3-7H2,1-2H3/b11-10+. The second-order valence-corrected chi connectivity index (χ2v) is 3.98. The molecule has 0 aromatic rings. The maximum Gasteiger partial charge on any atom is 0.287 e. The highest BCUT2D eigenvalue weighted by molar-refractivity contribution is 5.76. The van der Waals surface area contributed by atoms with E-state index < -0.39 is 0 Å². The van der Waals surface area contributed by atoms with Crippen LogP contribution in [0.25, 0.3) is 0 Å². The van der Waals surface area contributed by atoms with Crippen molar-refractivity contribution in [3.05, 3.63) is 0 Å². The highest BCUT2D eigenvalue weighted by Crippen LogP contribution is 2.29. The minimum absolute atomic E-state index is 0.409. The fourth-order valence-corrected chi connectivity index (χ4v) is 2.41. The number of hydrogen-bond donors (Lipinski definition) is 0. The zero-order valence-electron chi connectivity index (χ0n) is 8.49. The first-order valence-electron chi connectivity index (χ1n) is 5.19. The number of hydrogen-bond acceptors (Lipinski definition) is 2. The van der Waals surface area contributed by atoms with Gasteiger partial charge < -0.3 is 9.64 Å². The largest absolute Gasteiger partial charge is 0.460 e. The van der Waals surface area contributed by atoms with Crippen LogP contribution in [0, 0.1) is 0 Å². The first-order chi connectivity index (χ1) is 6.33. The SMILES string of the molecule is C/N=C1/OC2CCCCCC2N1C. The summed E-state index contributed by atoms with van der Waals surface area (Å²) in [5, 5.41) is 0. The fraction of sp³-hybridized carbons (Fsp3) is 0.900. The summed E-state index contributed by atoms with van der Waals surface area (Å²) in [6.07, 6.45) is 6.89. The smallest absolute Gasteiger partial charge is 0.287 e. The molecule has 0 bridgehead atoms. The lowest BCUT2D eigenvalue weighted by Crippen LogP contribution is -2.32. The predicted octanol–water partition coefficient (Wildman–Crippen LogP) is 1.64. The Bertz CT molecular complexity index is 215. The summed E-state index contributed by atoms with van der Waals surface area (Å²) in [6.45, 7) is 0. The van der Waals surface area contributed by atoms with Crippen molar-refractivity contribution in [3.8, 4) is 0 Å². The van der Waals surface area contributed by atoms with Gasteiger partial charge in [0.2, 0.25) is 0 Å². The predicted molar refractivity (Wildman–Crippen MR) is 52.9 cm³/mol. The van der Waals surface area contributed by atoms with E-state index in [1.165, 1.54) is 32.1 Å². The molecule has 0 N–H and O–H groups in total. The minimum Gasteiger partial charge on any atom is -0.460 e.